The van der Waals surface area contributed by atoms with Crippen molar-refractivity contribution in [2.75, 3.05) is 6.61 Å². The first kappa shape index (κ1) is 16.5. The van der Waals surface area contributed by atoms with Gasteiger partial charge in [-0.25, -0.2) is 4.79 Å². The molecule has 0 spiro atoms. The van der Waals surface area contributed by atoms with E-state index in [-0.39, 0.29) is 6.42 Å². The highest BCUT2D eigenvalue weighted by Gasteiger charge is 2.32. The van der Waals surface area contributed by atoms with E-state index in [2.05, 4.69) is 0 Å². The molecule has 0 bridgehead atoms. The van der Waals surface area contributed by atoms with Gasteiger partial charge in [0.15, 0.2) is 0 Å². The van der Waals surface area contributed by atoms with Crippen LogP contribution in [0.15, 0.2) is 18.2 Å². The molecular weight excluding hydrogens is 260 g/mol. The summed E-state index contributed by atoms with van der Waals surface area (Å²) < 4.78 is 10.2. The summed E-state index contributed by atoms with van der Waals surface area (Å²) in [5, 5.41) is 18.8. The molecule has 0 saturated heterocycles. The summed E-state index contributed by atoms with van der Waals surface area (Å²) in [5.74, 6) is -2.24. The van der Waals surface area contributed by atoms with Gasteiger partial charge in [0.1, 0.15) is 12.4 Å². The summed E-state index contributed by atoms with van der Waals surface area (Å²) >= 11 is 0. The monoisotopic (exact) mass is 282 g/mol. The first-order valence-corrected chi connectivity index (χ1v) is 6.66. The van der Waals surface area contributed by atoms with Gasteiger partial charge in [-0.15, -0.1) is 0 Å². The SMILES string of the molecule is CCC(O)(OC(=O)CO)Oc1cc(C(C)C)ccc1C. The Balaban J connectivity index is 2.99. The average molecular weight is 282 g/mol. The van der Waals surface area contributed by atoms with E-state index in [1.54, 1.807) is 6.92 Å². The van der Waals surface area contributed by atoms with Crippen LogP contribution >= 0.6 is 0 Å². The van der Waals surface area contributed by atoms with Crippen LogP contribution in [0.25, 0.3) is 0 Å². The maximum Gasteiger partial charge on any atom is 0.370 e. The van der Waals surface area contributed by atoms with Crippen molar-refractivity contribution in [1.82, 2.24) is 0 Å². The van der Waals surface area contributed by atoms with E-state index < -0.39 is 18.5 Å². The van der Waals surface area contributed by atoms with Crippen LogP contribution in [0.1, 0.15) is 44.2 Å². The van der Waals surface area contributed by atoms with E-state index in [4.69, 9.17) is 14.6 Å². The molecule has 0 fully saturated rings. The lowest BCUT2D eigenvalue weighted by molar-refractivity contribution is -0.304. The summed E-state index contributed by atoms with van der Waals surface area (Å²) in [6, 6.07) is 5.68. The Labute approximate surface area is 119 Å². The van der Waals surface area contributed by atoms with Gasteiger partial charge >= 0.3 is 11.9 Å². The van der Waals surface area contributed by atoms with E-state index in [1.165, 1.54) is 0 Å². The zero-order valence-electron chi connectivity index (χ0n) is 12.3. The molecule has 1 aromatic rings. The van der Waals surface area contributed by atoms with Gasteiger partial charge in [0.2, 0.25) is 0 Å². The number of carbonyl (C=O) groups excluding carboxylic acids is 1. The molecule has 20 heavy (non-hydrogen) atoms. The van der Waals surface area contributed by atoms with Gasteiger partial charge < -0.3 is 19.7 Å². The average Bonchev–Trinajstić information content (AvgIpc) is 2.40. The molecule has 0 amide bonds. The molecule has 1 unspecified atom stereocenters. The van der Waals surface area contributed by atoms with Crippen molar-refractivity contribution in [2.24, 2.45) is 0 Å². The summed E-state index contributed by atoms with van der Waals surface area (Å²) in [5.41, 5.74) is 1.87. The second-order valence-electron chi connectivity index (χ2n) is 4.98. The quantitative estimate of drug-likeness (QED) is 0.617. The van der Waals surface area contributed by atoms with Gasteiger partial charge in [0.25, 0.3) is 0 Å². The molecule has 0 aromatic heterocycles. The minimum Gasteiger partial charge on any atom is -0.430 e. The first-order chi connectivity index (χ1) is 9.31. The van der Waals surface area contributed by atoms with Crippen molar-refractivity contribution >= 4 is 5.97 Å². The van der Waals surface area contributed by atoms with Crippen molar-refractivity contribution < 1.29 is 24.5 Å². The van der Waals surface area contributed by atoms with Crippen molar-refractivity contribution in [1.29, 1.82) is 0 Å². The van der Waals surface area contributed by atoms with Crippen LogP contribution in [-0.2, 0) is 9.53 Å². The Kier molecular flexibility index (Phi) is 5.53. The summed E-state index contributed by atoms with van der Waals surface area (Å²) in [7, 11) is 0. The van der Waals surface area contributed by atoms with E-state index in [1.807, 2.05) is 39.0 Å². The third-order valence-corrected chi connectivity index (χ3v) is 3.00. The number of aryl methyl sites for hydroxylation is 1. The van der Waals surface area contributed by atoms with Crippen LogP contribution in [0.2, 0.25) is 0 Å². The van der Waals surface area contributed by atoms with Crippen LogP contribution < -0.4 is 4.74 Å². The predicted molar refractivity (Wildman–Crippen MR) is 74.3 cm³/mol. The highest BCUT2D eigenvalue weighted by molar-refractivity contribution is 5.70. The zero-order valence-corrected chi connectivity index (χ0v) is 12.3. The van der Waals surface area contributed by atoms with Crippen LogP contribution in [0.3, 0.4) is 0 Å². The van der Waals surface area contributed by atoms with Crippen LogP contribution in [0, 0.1) is 6.92 Å². The maximum atomic E-state index is 11.1. The molecule has 1 rings (SSSR count). The predicted octanol–water partition coefficient (Wildman–Crippen LogP) is 2.09. The van der Waals surface area contributed by atoms with E-state index in [9.17, 15) is 9.90 Å². The van der Waals surface area contributed by atoms with Crippen molar-refractivity contribution in [3.63, 3.8) is 0 Å². The number of esters is 1. The lowest BCUT2D eigenvalue weighted by Gasteiger charge is -2.27. The molecule has 1 atom stereocenters. The zero-order chi connectivity index (χ0) is 15.3. The molecule has 0 aliphatic carbocycles. The smallest absolute Gasteiger partial charge is 0.370 e. The third-order valence-electron chi connectivity index (χ3n) is 3.00. The second-order valence-corrected chi connectivity index (χ2v) is 4.98. The van der Waals surface area contributed by atoms with Crippen molar-refractivity contribution in [3.05, 3.63) is 29.3 Å². The number of rotatable bonds is 6. The number of aliphatic hydroxyl groups is 2. The fourth-order valence-corrected chi connectivity index (χ4v) is 1.63. The Morgan fingerprint density at radius 2 is 2.05 bits per heavy atom. The van der Waals surface area contributed by atoms with Gasteiger partial charge in [-0.2, -0.15) is 0 Å². The second kappa shape index (κ2) is 6.72. The van der Waals surface area contributed by atoms with E-state index >= 15 is 0 Å². The van der Waals surface area contributed by atoms with E-state index in [0.717, 1.165) is 11.1 Å². The summed E-state index contributed by atoms with van der Waals surface area (Å²) in [6.07, 6.45) is 0.0457. The topological polar surface area (TPSA) is 76.0 Å². The first-order valence-electron chi connectivity index (χ1n) is 6.66. The fourth-order valence-electron chi connectivity index (χ4n) is 1.63. The van der Waals surface area contributed by atoms with Gasteiger partial charge in [0.05, 0.1) is 6.42 Å². The molecule has 2 N–H and O–H groups in total. The number of carbonyl (C=O) groups is 1. The molecule has 0 saturated carbocycles. The summed E-state index contributed by atoms with van der Waals surface area (Å²) in [4.78, 5) is 11.1. The number of aliphatic hydroxyl groups excluding tert-OH is 1. The van der Waals surface area contributed by atoms with Crippen molar-refractivity contribution in [2.45, 2.75) is 46.0 Å². The Bertz CT molecular complexity index is 469. The van der Waals surface area contributed by atoms with Gasteiger partial charge in [-0.05, 0) is 30.0 Å². The van der Waals surface area contributed by atoms with Crippen molar-refractivity contribution in [3.8, 4) is 5.75 Å². The van der Waals surface area contributed by atoms with Crippen LogP contribution in [0.4, 0.5) is 0 Å². The van der Waals surface area contributed by atoms with Gasteiger partial charge in [-0.1, -0.05) is 32.9 Å². The summed E-state index contributed by atoms with van der Waals surface area (Å²) in [6.45, 7) is 6.74. The molecule has 112 valence electrons. The molecule has 5 nitrogen and oxygen atoms in total. The minimum absolute atomic E-state index is 0.0457. The number of hydrogen-bond donors (Lipinski definition) is 2. The number of hydrogen-bond acceptors (Lipinski definition) is 5. The number of benzene rings is 1. The molecule has 0 heterocycles. The molecule has 5 heteroatoms. The number of ether oxygens (including phenoxy) is 2. The van der Waals surface area contributed by atoms with E-state index in [0.29, 0.717) is 11.7 Å². The largest absolute Gasteiger partial charge is 0.430 e. The minimum atomic E-state index is -2.07. The Morgan fingerprint density at radius 1 is 1.40 bits per heavy atom. The molecule has 1 aromatic carbocycles. The maximum absolute atomic E-state index is 11.1. The Hall–Kier alpha value is -1.59. The lowest BCUT2D eigenvalue weighted by atomic mass is 10.0. The van der Waals surface area contributed by atoms with Crippen LogP contribution in [0.5, 0.6) is 5.75 Å². The molecule has 0 aliphatic rings. The standard InChI is InChI=1S/C15H22O5/c1-5-15(18,20-14(17)9-16)19-13-8-12(10(2)3)7-6-11(13)4/h6-8,10,16,18H,5,9H2,1-4H3. The van der Waals surface area contributed by atoms with Crippen LogP contribution in [-0.4, -0.2) is 28.8 Å². The van der Waals surface area contributed by atoms with Gasteiger partial charge in [0, 0.05) is 0 Å². The molecular formula is C15H22O5. The normalized spacial score (nSPS) is 13.9. The highest BCUT2D eigenvalue weighted by Crippen LogP contribution is 2.28. The molecule has 0 aliphatic heterocycles. The lowest BCUT2D eigenvalue weighted by Crippen LogP contribution is -2.41. The Morgan fingerprint density at radius 3 is 2.55 bits per heavy atom. The third kappa shape index (κ3) is 4.21. The fraction of sp³-hybridized carbons (Fsp3) is 0.533. The van der Waals surface area contributed by atoms with Gasteiger partial charge in [-0.3, -0.25) is 0 Å². The molecule has 0 radical (unpaired) electrons. The highest BCUT2D eigenvalue weighted by atomic mass is 16.8.